The van der Waals surface area contributed by atoms with Crippen molar-refractivity contribution in [1.82, 2.24) is 0 Å². The van der Waals surface area contributed by atoms with Gasteiger partial charge in [0, 0.05) is 25.4 Å². The van der Waals surface area contributed by atoms with E-state index in [1.165, 1.54) is 12.1 Å². The predicted molar refractivity (Wildman–Crippen MR) is 70.5 cm³/mol. The smallest absolute Gasteiger partial charge is 0.0668 e. The molecule has 1 aromatic carbocycles. The molecule has 1 atom stereocenters. The predicted octanol–water partition coefficient (Wildman–Crippen LogP) is 1.68. The number of rotatable bonds is 3. The summed E-state index contributed by atoms with van der Waals surface area (Å²) in [4.78, 5) is 2.37. The molecule has 1 unspecified atom stereocenters. The Labute approximate surface area is 102 Å². The van der Waals surface area contributed by atoms with Crippen LogP contribution >= 0.6 is 0 Å². The fraction of sp³-hybridized carbons (Fsp3) is 0.538. The van der Waals surface area contributed by atoms with E-state index in [4.69, 9.17) is 10.5 Å². The second kappa shape index (κ2) is 4.45. The molecule has 2 heterocycles. The van der Waals surface area contributed by atoms with E-state index in [1.54, 1.807) is 0 Å². The van der Waals surface area contributed by atoms with Gasteiger partial charge in [0.15, 0.2) is 0 Å². The Kier molecular flexibility index (Phi) is 2.81. The van der Waals surface area contributed by atoms with Gasteiger partial charge in [-0.15, -0.1) is 0 Å². The summed E-state index contributed by atoms with van der Waals surface area (Å²) in [5.74, 6) is 0. The Morgan fingerprint density at radius 3 is 2.88 bits per heavy atom. The summed E-state index contributed by atoms with van der Waals surface area (Å²) in [6.45, 7) is 3.96. The van der Waals surface area contributed by atoms with Crippen molar-refractivity contribution >= 4 is 17.1 Å². The van der Waals surface area contributed by atoms with E-state index in [2.05, 4.69) is 22.3 Å². The first-order chi connectivity index (χ1) is 8.33. The van der Waals surface area contributed by atoms with E-state index in [-0.39, 0.29) is 0 Å². The average molecular weight is 233 g/mol. The molecule has 92 valence electrons. The number of ether oxygens (including phenoxy) is 1. The third-order valence-electron chi connectivity index (χ3n) is 3.55. The number of nitrogens with one attached hydrogen (secondary N) is 1. The molecule has 2 saturated heterocycles. The highest BCUT2D eigenvalue weighted by Gasteiger charge is 2.18. The van der Waals surface area contributed by atoms with Gasteiger partial charge in [0.2, 0.25) is 0 Å². The second-order valence-corrected chi connectivity index (χ2v) is 4.82. The van der Waals surface area contributed by atoms with Crippen LogP contribution in [0.15, 0.2) is 18.2 Å². The molecule has 2 aliphatic heterocycles. The number of hydrogen-bond donors (Lipinski definition) is 2. The Bertz CT molecular complexity index is 398. The van der Waals surface area contributed by atoms with Crippen LogP contribution in [0.3, 0.4) is 0 Å². The van der Waals surface area contributed by atoms with Crippen LogP contribution in [0.5, 0.6) is 0 Å². The molecule has 0 radical (unpaired) electrons. The van der Waals surface area contributed by atoms with Crippen LogP contribution in [0, 0.1) is 0 Å². The first-order valence-electron chi connectivity index (χ1n) is 6.32. The van der Waals surface area contributed by atoms with Crippen molar-refractivity contribution in [1.29, 1.82) is 0 Å². The van der Waals surface area contributed by atoms with E-state index < -0.39 is 0 Å². The van der Waals surface area contributed by atoms with Gasteiger partial charge >= 0.3 is 0 Å². The number of hydrogen-bond acceptors (Lipinski definition) is 4. The monoisotopic (exact) mass is 233 g/mol. The van der Waals surface area contributed by atoms with Crippen molar-refractivity contribution in [2.24, 2.45) is 0 Å². The SMILES string of the molecule is Nc1ccc(N2CCC2)cc1NC1CCOC1. The summed E-state index contributed by atoms with van der Waals surface area (Å²) in [5, 5.41) is 3.48. The normalized spacial score (nSPS) is 23.5. The molecule has 17 heavy (non-hydrogen) atoms. The van der Waals surface area contributed by atoms with E-state index in [0.29, 0.717) is 6.04 Å². The van der Waals surface area contributed by atoms with Crippen molar-refractivity contribution in [3.63, 3.8) is 0 Å². The molecular formula is C13H19N3O. The molecule has 0 bridgehead atoms. The summed E-state index contributed by atoms with van der Waals surface area (Å²) < 4.78 is 5.37. The third-order valence-corrected chi connectivity index (χ3v) is 3.55. The Hall–Kier alpha value is -1.42. The summed E-state index contributed by atoms with van der Waals surface area (Å²) in [5.41, 5.74) is 9.14. The highest BCUT2D eigenvalue weighted by Crippen LogP contribution is 2.29. The highest BCUT2D eigenvalue weighted by molar-refractivity contribution is 5.72. The van der Waals surface area contributed by atoms with Gasteiger partial charge < -0.3 is 20.7 Å². The Morgan fingerprint density at radius 1 is 1.35 bits per heavy atom. The maximum atomic E-state index is 6.01. The summed E-state index contributed by atoms with van der Waals surface area (Å²) in [6.07, 6.45) is 2.36. The van der Waals surface area contributed by atoms with Gasteiger partial charge in [0.25, 0.3) is 0 Å². The largest absolute Gasteiger partial charge is 0.397 e. The minimum absolute atomic E-state index is 0.406. The van der Waals surface area contributed by atoms with Crippen molar-refractivity contribution in [3.05, 3.63) is 18.2 Å². The van der Waals surface area contributed by atoms with Crippen molar-refractivity contribution in [2.45, 2.75) is 18.9 Å². The first-order valence-corrected chi connectivity index (χ1v) is 6.32. The average Bonchev–Trinajstić information content (AvgIpc) is 2.73. The lowest BCUT2D eigenvalue weighted by molar-refractivity contribution is 0.195. The number of nitrogens with zero attached hydrogens (tertiary/aromatic N) is 1. The summed E-state index contributed by atoms with van der Waals surface area (Å²) >= 11 is 0. The summed E-state index contributed by atoms with van der Waals surface area (Å²) in [6, 6.07) is 6.66. The van der Waals surface area contributed by atoms with E-state index >= 15 is 0 Å². The van der Waals surface area contributed by atoms with Gasteiger partial charge in [-0.3, -0.25) is 0 Å². The first kappa shape index (κ1) is 10.7. The lowest BCUT2D eigenvalue weighted by atomic mass is 10.1. The summed E-state index contributed by atoms with van der Waals surface area (Å²) in [7, 11) is 0. The maximum absolute atomic E-state index is 6.01. The van der Waals surface area contributed by atoms with Crippen LogP contribution in [0.25, 0.3) is 0 Å². The van der Waals surface area contributed by atoms with Crippen LogP contribution < -0.4 is 16.0 Å². The van der Waals surface area contributed by atoms with Crippen molar-refractivity contribution in [3.8, 4) is 0 Å². The lowest BCUT2D eigenvalue weighted by Gasteiger charge is -2.33. The standard InChI is InChI=1S/C13H19N3O/c14-12-3-2-11(16-5-1-6-16)8-13(12)15-10-4-7-17-9-10/h2-3,8,10,15H,1,4-7,9,14H2. The Morgan fingerprint density at radius 2 is 2.24 bits per heavy atom. The Balaban J connectivity index is 1.76. The minimum Gasteiger partial charge on any atom is -0.397 e. The molecule has 0 amide bonds. The number of nitrogens with two attached hydrogens (primary N) is 1. The molecule has 3 rings (SSSR count). The zero-order chi connectivity index (χ0) is 11.7. The van der Waals surface area contributed by atoms with E-state index in [9.17, 15) is 0 Å². The van der Waals surface area contributed by atoms with E-state index in [0.717, 1.165) is 44.1 Å². The molecule has 0 saturated carbocycles. The third kappa shape index (κ3) is 2.17. The molecule has 3 N–H and O–H groups in total. The number of anilines is 3. The fourth-order valence-electron chi connectivity index (χ4n) is 2.31. The number of nitrogen functional groups attached to an aromatic ring is 1. The van der Waals surface area contributed by atoms with Gasteiger partial charge in [0.05, 0.1) is 24.0 Å². The second-order valence-electron chi connectivity index (χ2n) is 4.82. The van der Waals surface area contributed by atoms with Gasteiger partial charge in [0.1, 0.15) is 0 Å². The van der Waals surface area contributed by atoms with Gasteiger partial charge in [-0.05, 0) is 31.0 Å². The van der Waals surface area contributed by atoms with E-state index in [1.807, 2.05) is 6.07 Å². The molecular weight excluding hydrogens is 214 g/mol. The minimum atomic E-state index is 0.406. The number of benzene rings is 1. The molecule has 1 aromatic rings. The molecule has 4 nitrogen and oxygen atoms in total. The van der Waals surface area contributed by atoms with Crippen LogP contribution in [0.4, 0.5) is 17.1 Å². The van der Waals surface area contributed by atoms with Gasteiger partial charge in [-0.1, -0.05) is 0 Å². The quantitative estimate of drug-likeness (QED) is 0.780. The van der Waals surface area contributed by atoms with Crippen molar-refractivity contribution in [2.75, 3.05) is 42.3 Å². The van der Waals surface area contributed by atoms with Crippen LogP contribution in [-0.4, -0.2) is 32.3 Å². The molecule has 2 fully saturated rings. The van der Waals surface area contributed by atoms with Crippen LogP contribution in [0.2, 0.25) is 0 Å². The van der Waals surface area contributed by atoms with Crippen LogP contribution in [-0.2, 0) is 4.74 Å². The fourth-order valence-corrected chi connectivity index (χ4v) is 2.31. The van der Waals surface area contributed by atoms with Gasteiger partial charge in [-0.25, -0.2) is 0 Å². The van der Waals surface area contributed by atoms with Gasteiger partial charge in [-0.2, -0.15) is 0 Å². The molecule has 0 aromatic heterocycles. The highest BCUT2D eigenvalue weighted by atomic mass is 16.5. The molecule has 2 aliphatic rings. The molecule has 0 spiro atoms. The molecule has 0 aliphatic carbocycles. The van der Waals surface area contributed by atoms with Crippen molar-refractivity contribution < 1.29 is 4.74 Å². The topological polar surface area (TPSA) is 50.5 Å². The zero-order valence-corrected chi connectivity index (χ0v) is 9.98. The maximum Gasteiger partial charge on any atom is 0.0668 e. The lowest BCUT2D eigenvalue weighted by Crippen LogP contribution is -2.37. The van der Waals surface area contributed by atoms with Crippen LogP contribution in [0.1, 0.15) is 12.8 Å². The molecule has 4 heteroatoms. The zero-order valence-electron chi connectivity index (χ0n) is 9.98.